The van der Waals surface area contributed by atoms with Gasteiger partial charge in [-0.05, 0) is 32.5 Å². The van der Waals surface area contributed by atoms with Crippen LogP contribution >= 0.6 is 0 Å². The number of nitrogens with zero attached hydrogens (tertiary/aromatic N) is 2. The average molecular weight is 308 g/mol. The van der Waals surface area contributed by atoms with E-state index in [1.54, 1.807) is 7.11 Å². The molecule has 1 unspecified atom stereocenters. The van der Waals surface area contributed by atoms with Crippen LogP contribution < -0.4 is 0 Å². The number of likely N-dealkylation sites (tertiary alicyclic amines) is 1. The third-order valence-corrected chi connectivity index (χ3v) is 4.45. The van der Waals surface area contributed by atoms with E-state index in [-0.39, 0.29) is 5.91 Å². The zero-order valence-corrected chi connectivity index (χ0v) is 14.2. The SMILES string of the molecule is CCN(CC)Cc1cc(C(=O)N2CCC(COC)C2)c(C)o1. The van der Waals surface area contributed by atoms with Crippen LogP contribution in [0.15, 0.2) is 10.5 Å². The van der Waals surface area contributed by atoms with Crippen molar-refractivity contribution in [3.8, 4) is 0 Å². The fraction of sp³-hybridized carbons (Fsp3) is 0.706. The van der Waals surface area contributed by atoms with Crippen LogP contribution in [0.5, 0.6) is 0 Å². The molecule has 5 heteroatoms. The maximum atomic E-state index is 12.7. The van der Waals surface area contributed by atoms with Crippen LogP contribution in [-0.4, -0.2) is 55.6 Å². The molecule has 0 bridgehead atoms. The highest BCUT2D eigenvalue weighted by Gasteiger charge is 2.29. The average Bonchev–Trinajstić information content (AvgIpc) is 3.11. The van der Waals surface area contributed by atoms with Gasteiger partial charge in [-0.1, -0.05) is 13.8 Å². The van der Waals surface area contributed by atoms with E-state index in [0.717, 1.165) is 57.3 Å². The third kappa shape index (κ3) is 3.90. The molecule has 0 spiro atoms. The molecule has 1 aliphatic rings. The molecule has 0 aromatic carbocycles. The van der Waals surface area contributed by atoms with Gasteiger partial charge >= 0.3 is 0 Å². The molecule has 5 nitrogen and oxygen atoms in total. The second kappa shape index (κ2) is 7.79. The van der Waals surface area contributed by atoms with Gasteiger partial charge in [-0.25, -0.2) is 0 Å². The van der Waals surface area contributed by atoms with Crippen LogP contribution in [0.2, 0.25) is 0 Å². The van der Waals surface area contributed by atoms with Crippen LogP contribution in [0.25, 0.3) is 0 Å². The Morgan fingerprint density at radius 3 is 2.82 bits per heavy atom. The highest BCUT2D eigenvalue weighted by molar-refractivity contribution is 5.95. The lowest BCUT2D eigenvalue weighted by atomic mass is 10.1. The van der Waals surface area contributed by atoms with Crippen LogP contribution in [0, 0.1) is 12.8 Å². The molecule has 1 aromatic heterocycles. The van der Waals surface area contributed by atoms with Gasteiger partial charge < -0.3 is 14.1 Å². The van der Waals surface area contributed by atoms with E-state index in [0.29, 0.717) is 11.5 Å². The Hall–Kier alpha value is -1.33. The Kier molecular flexibility index (Phi) is 6.03. The highest BCUT2D eigenvalue weighted by atomic mass is 16.5. The lowest BCUT2D eigenvalue weighted by molar-refractivity contribution is 0.0774. The molecule has 0 saturated carbocycles. The van der Waals surface area contributed by atoms with Crippen LogP contribution in [0.4, 0.5) is 0 Å². The van der Waals surface area contributed by atoms with Crippen molar-refractivity contribution in [2.24, 2.45) is 5.92 Å². The fourth-order valence-electron chi connectivity index (χ4n) is 3.06. The van der Waals surface area contributed by atoms with Gasteiger partial charge in [0, 0.05) is 26.1 Å². The van der Waals surface area contributed by atoms with E-state index in [4.69, 9.17) is 9.15 Å². The minimum absolute atomic E-state index is 0.0886. The van der Waals surface area contributed by atoms with Gasteiger partial charge in [0.25, 0.3) is 5.91 Å². The van der Waals surface area contributed by atoms with Crippen molar-refractivity contribution >= 4 is 5.91 Å². The van der Waals surface area contributed by atoms with E-state index < -0.39 is 0 Å². The quantitative estimate of drug-likeness (QED) is 0.776. The van der Waals surface area contributed by atoms with Crippen molar-refractivity contribution in [1.82, 2.24) is 9.80 Å². The molecule has 0 radical (unpaired) electrons. The number of hydrogen-bond acceptors (Lipinski definition) is 4. The second-order valence-corrected chi connectivity index (χ2v) is 6.01. The Labute approximate surface area is 133 Å². The number of amides is 1. The zero-order valence-electron chi connectivity index (χ0n) is 14.2. The Morgan fingerprint density at radius 1 is 1.45 bits per heavy atom. The van der Waals surface area contributed by atoms with E-state index in [9.17, 15) is 4.79 Å². The third-order valence-electron chi connectivity index (χ3n) is 4.45. The summed E-state index contributed by atoms with van der Waals surface area (Å²) >= 11 is 0. The van der Waals surface area contributed by atoms with E-state index >= 15 is 0 Å². The van der Waals surface area contributed by atoms with Gasteiger partial charge in [0.2, 0.25) is 0 Å². The van der Waals surface area contributed by atoms with Crippen molar-refractivity contribution in [2.45, 2.75) is 33.7 Å². The molecule has 1 aromatic rings. The summed E-state index contributed by atoms with van der Waals surface area (Å²) in [6.07, 6.45) is 1.02. The number of ether oxygens (including phenoxy) is 1. The minimum Gasteiger partial charge on any atom is -0.464 e. The summed E-state index contributed by atoms with van der Waals surface area (Å²) in [4.78, 5) is 16.9. The molecular formula is C17H28N2O3. The maximum Gasteiger partial charge on any atom is 0.257 e. The summed E-state index contributed by atoms with van der Waals surface area (Å²) in [6.45, 7) is 11.2. The van der Waals surface area contributed by atoms with Gasteiger partial charge in [-0.3, -0.25) is 9.69 Å². The number of hydrogen-bond donors (Lipinski definition) is 0. The molecule has 1 atom stereocenters. The number of aryl methyl sites for hydroxylation is 1. The Balaban J connectivity index is 2.03. The van der Waals surface area contributed by atoms with Crippen molar-refractivity contribution in [2.75, 3.05) is 39.9 Å². The van der Waals surface area contributed by atoms with Crippen molar-refractivity contribution in [3.63, 3.8) is 0 Å². The monoisotopic (exact) mass is 308 g/mol. The number of methoxy groups -OCH3 is 1. The predicted octanol–water partition coefficient (Wildman–Crippen LogP) is 2.54. The number of furan rings is 1. The predicted molar refractivity (Wildman–Crippen MR) is 86.0 cm³/mol. The molecular weight excluding hydrogens is 280 g/mol. The fourth-order valence-corrected chi connectivity index (χ4v) is 3.06. The van der Waals surface area contributed by atoms with Gasteiger partial charge in [-0.15, -0.1) is 0 Å². The maximum absolute atomic E-state index is 12.7. The van der Waals surface area contributed by atoms with Crippen LogP contribution in [0.3, 0.4) is 0 Å². The summed E-state index contributed by atoms with van der Waals surface area (Å²) in [6, 6.07) is 1.92. The van der Waals surface area contributed by atoms with E-state index in [1.807, 2.05) is 17.9 Å². The molecule has 0 aliphatic carbocycles. The number of carbonyl (C=O) groups excluding carboxylic acids is 1. The molecule has 1 fully saturated rings. The second-order valence-electron chi connectivity index (χ2n) is 6.01. The first-order valence-corrected chi connectivity index (χ1v) is 8.18. The van der Waals surface area contributed by atoms with E-state index in [2.05, 4.69) is 18.7 Å². The van der Waals surface area contributed by atoms with Gasteiger partial charge in [0.05, 0.1) is 18.7 Å². The first-order valence-electron chi connectivity index (χ1n) is 8.18. The summed E-state index contributed by atoms with van der Waals surface area (Å²) in [5.41, 5.74) is 0.709. The number of rotatable bonds is 7. The summed E-state index contributed by atoms with van der Waals surface area (Å²) in [5.74, 6) is 2.14. The van der Waals surface area contributed by atoms with Crippen LogP contribution in [0.1, 0.15) is 42.1 Å². The molecule has 22 heavy (non-hydrogen) atoms. The first-order chi connectivity index (χ1) is 10.6. The standard InChI is InChI=1S/C17H28N2O3/c1-5-18(6-2)11-15-9-16(13(3)22-15)17(20)19-8-7-14(10-19)12-21-4/h9,14H,5-8,10-12H2,1-4H3. The topological polar surface area (TPSA) is 45.9 Å². The van der Waals surface area contributed by atoms with Gasteiger partial charge in [-0.2, -0.15) is 0 Å². The normalized spacial score (nSPS) is 18.4. The van der Waals surface area contributed by atoms with Crippen LogP contribution in [-0.2, 0) is 11.3 Å². The minimum atomic E-state index is 0.0886. The molecule has 1 aliphatic heterocycles. The summed E-state index contributed by atoms with van der Waals surface area (Å²) < 4.78 is 11.0. The first kappa shape index (κ1) is 17.0. The Morgan fingerprint density at radius 2 is 2.18 bits per heavy atom. The molecule has 1 amide bonds. The lowest BCUT2D eigenvalue weighted by Crippen LogP contribution is -2.29. The summed E-state index contributed by atoms with van der Waals surface area (Å²) in [7, 11) is 1.71. The zero-order chi connectivity index (χ0) is 16.1. The lowest BCUT2D eigenvalue weighted by Gasteiger charge is -2.16. The molecule has 2 rings (SSSR count). The molecule has 124 valence electrons. The van der Waals surface area contributed by atoms with Gasteiger partial charge in [0.15, 0.2) is 0 Å². The Bertz CT molecular complexity index is 494. The van der Waals surface area contributed by atoms with Crippen molar-refractivity contribution < 1.29 is 13.9 Å². The largest absolute Gasteiger partial charge is 0.464 e. The molecule has 0 N–H and O–H groups in total. The smallest absolute Gasteiger partial charge is 0.257 e. The number of carbonyl (C=O) groups is 1. The summed E-state index contributed by atoms with van der Waals surface area (Å²) in [5, 5.41) is 0. The van der Waals surface area contributed by atoms with Crippen molar-refractivity contribution in [3.05, 3.63) is 23.2 Å². The highest BCUT2D eigenvalue weighted by Crippen LogP contribution is 2.23. The van der Waals surface area contributed by atoms with Crippen molar-refractivity contribution in [1.29, 1.82) is 0 Å². The molecule has 1 saturated heterocycles. The van der Waals surface area contributed by atoms with E-state index in [1.165, 1.54) is 0 Å². The molecule has 2 heterocycles. The van der Waals surface area contributed by atoms with Gasteiger partial charge in [0.1, 0.15) is 11.5 Å².